The van der Waals surface area contributed by atoms with Gasteiger partial charge in [-0.15, -0.1) is 0 Å². The van der Waals surface area contributed by atoms with E-state index in [0.717, 1.165) is 24.3 Å². The van der Waals surface area contributed by atoms with E-state index in [1.807, 2.05) is 6.07 Å². The van der Waals surface area contributed by atoms with Gasteiger partial charge in [-0.05, 0) is 55.1 Å². The highest BCUT2D eigenvalue weighted by atomic mass is 16.5. The van der Waals surface area contributed by atoms with Crippen molar-refractivity contribution in [2.75, 3.05) is 26.2 Å². The zero-order valence-corrected chi connectivity index (χ0v) is 18.0. The van der Waals surface area contributed by atoms with E-state index in [1.54, 1.807) is 12.1 Å². The smallest absolute Gasteiger partial charge is 0.126 e. The van der Waals surface area contributed by atoms with Gasteiger partial charge in [0.05, 0.1) is 6.61 Å². The number of phenolic OH excluding ortho intramolecular Hbond substituents is 1. The fourth-order valence-corrected chi connectivity index (χ4v) is 5.16. The molecule has 0 amide bonds. The van der Waals surface area contributed by atoms with Gasteiger partial charge in [0.25, 0.3) is 0 Å². The van der Waals surface area contributed by atoms with Crippen LogP contribution in [0.4, 0.5) is 0 Å². The van der Waals surface area contributed by atoms with E-state index < -0.39 is 0 Å². The Bertz CT molecular complexity index is 993. The number of hydrogen-bond donors (Lipinski definition) is 1. The maximum atomic E-state index is 9.95. The summed E-state index contributed by atoms with van der Waals surface area (Å²) in [5.41, 5.74) is 5.16. The average molecular weight is 414 g/mol. The minimum Gasteiger partial charge on any atom is -0.508 e. The van der Waals surface area contributed by atoms with E-state index in [2.05, 4.69) is 59.5 Å². The number of fused-ring (bicyclic) bond motifs is 1. The molecule has 5 rings (SSSR count). The van der Waals surface area contributed by atoms with E-state index in [4.69, 9.17) is 4.74 Å². The molecule has 1 saturated heterocycles. The van der Waals surface area contributed by atoms with Crippen LogP contribution in [0.2, 0.25) is 0 Å². The molecule has 3 aromatic carbocycles. The minimum absolute atomic E-state index is 0.211. The molecule has 0 spiro atoms. The summed E-state index contributed by atoms with van der Waals surface area (Å²) < 4.78 is 6.09. The fourth-order valence-electron chi connectivity index (χ4n) is 5.16. The summed E-state index contributed by atoms with van der Waals surface area (Å²) in [5.74, 6) is 1.51. The summed E-state index contributed by atoms with van der Waals surface area (Å²) >= 11 is 0. The van der Waals surface area contributed by atoms with Crippen molar-refractivity contribution >= 4 is 0 Å². The van der Waals surface area contributed by atoms with Crippen LogP contribution in [0.25, 0.3) is 0 Å². The minimum atomic E-state index is 0.211. The Balaban J connectivity index is 1.41. The molecule has 0 radical (unpaired) electrons. The Hall–Kier alpha value is -2.78. The molecule has 160 valence electrons. The Kier molecular flexibility index (Phi) is 5.95. The lowest BCUT2D eigenvalue weighted by atomic mass is 9.75. The predicted octanol–water partition coefficient (Wildman–Crippen LogP) is 5.73. The highest BCUT2D eigenvalue weighted by Crippen LogP contribution is 2.46. The fraction of sp³-hybridized carbons (Fsp3) is 0.357. The van der Waals surface area contributed by atoms with Crippen LogP contribution in [-0.4, -0.2) is 36.2 Å². The number of phenols is 1. The Morgan fingerprint density at radius 1 is 0.839 bits per heavy atom. The van der Waals surface area contributed by atoms with E-state index >= 15 is 0 Å². The van der Waals surface area contributed by atoms with Gasteiger partial charge in [-0.25, -0.2) is 0 Å². The lowest BCUT2D eigenvalue weighted by Gasteiger charge is -2.34. The van der Waals surface area contributed by atoms with Gasteiger partial charge in [-0.3, -0.25) is 0 Å². The van der Waals surface area contributed by atoms with Crippen molar-refractivity contribution in [3.63, 3.8) is 0 Å². The standard InChI is InChI=1S/C28H31NO2/c30-24-13-14-25-27(19-24)31-20-26(22-7-3-1-4-8-22)28(25)23-11-9-21(10-12-23)15-18-29-16-5-2-6-17-29/h1,3-4,7-14,19,26,28,30H,2,5-6,15-18,20H2/t26-,28-/m0/s1. The summed E-state index contributed by atoms with van der Waals surface area (Å²) in [7, 11) is 0. The van der Waals surface area contributed by atoms with E-state index in [0.29, 0.717) is 6.61 Å². The SMILES string of the molecule is Oc1ccc2c(c1)OC[C@@H](c1ccccc1)[C@H]2c1ccc(CCN2CCCCC2)cc1. The van der Waals surface area contributed by atoms with Crippen molar-refractivity contribution in [3.05, 3.63) is 95.1 Å². The number of likely N-dealkylation sites (tertiary alicyclic amines) is 1. The molecule has 2 aliphatic rings. The third kappa shape index (κ3) is 4.47. The van der Waals surface area contributed by atoms with Crippen LogP contribution in [0.1, 0.15) is 53.4 Å². The van der Waals surface area contributed by atoms with Crippen LogP contribution in [0.5, 0.6) is 11.5 Å². The number of ether oxygens (including phenoxy) is 1. The zero-order valence-electron chi connectivity index (χ0n) is 18.0. The maximum absolute atomic E-state index is 9.95. The van der Waals surface area contributed by atoms with Gasteiger partial charge in [-0.1, -0.05) is 67.1 Å². The number of benzene rings is 3. The molecule has 2 heterocycles. The Morgan fingerprint density at radius 2 is 1.61 bits per heavy atom. The first kappa shape index (κ1) is 20.1. The van der Waals surface area contributed by atoms with Gasteiger partial charge in [0, 0.05) is 30.0 Å². The van der Waals surface area contributed by atoms with Gasteiger partial charge in [-0.2, -0.15) is 0 Å². The topological polar surface area (TPSA) is 32.7 Å². The quantitative estimate of drug-likeness (QED) is 0.580. The summed E-state index contributed by atoms with van der Waals surface area (Å²) in [5, 5.41) is 9.95. The van der Waals surface area contributed by atoms with E-state index in [-0.39, 0.29) is 17.6 Å². The molecule has 0 aliphatic carbocycles. The molecule has 31 heavy (non-hydrogen) atoms. The summed E-state index contributed by atoms with van der Waals surface area (Å²) in [6.07, 6.45) is 5.19. The maximum Gasteiger partial charge on any atom is 0.126 e. The van der Waals surface area contributed by atoms with Crippen LogP contribution in [0.3, 0.4) is 0 Å². The summed E-state index contributed by atoms with van der Waals surface area (Å²) in [6.45, 7) is 4.28. The number of hydrogen-bond acceptors (Lipinski definition) is 3. The number of nitrogens with zero attached hydrogens (tertiary/aromatic N) is 1. The number of aromatic hydroxyl groups is 1. The third-order valence-electron chi connectivity index (χ3n) is 6.88. The van der Waals surface area contributed by atoms with Gasteiger partial charge < -0.3 is 14.7 Å². The Labute approximate surface area is 185 Å². The molecule has 0 bridgehead atoms. The lowest BCUT2D eigenvalue weighted by molar-refractivity contribution is 0.231. The first-order valence-electron chi connectivity index (χ1n) is 11.6. The molecular weight excluding hydrogens is 382 g/mol. The molecule has 3 heteroatoms. The van der Waals surface area contributed by atoms with Gasteiger partial charge in [0.15, 0.2) is 0 Å². The zero-order chi connectivity index (χ0) is 21.0. The Morgan fingerprint density at radius 3 is 2.39 bits per heavy atom. The normalized spacial score (nSPS) is 21.3. The molecule has 2 atom stereocenters. The largest absolute Gasteiger partial charge is 0.508 e. The summed E-state index contributed by atoms with van der Waals surface area (Å²) in [6, 6.07) is 25.4. The van der Waals surface area contributed by atoms with Crippen molar-refractivity contribution in [3.8, 4) is 11.5 Å². The van der Waals surface area contributed by atoms with Gasteiger partial charge >= 0.3 is 0 Å². The first-order chi connectivity index (χ1) is 15.3. The van der Waals surface area contributed by atoms with E-state index in [1.165, 1.54) is 49.0 Å². The van der Waals surface area contributed by atoms with Crippen molar-refractivity contribution in [2.45, 2.75) is 37.5 Å². The third-order valence-corrected chi connectivity index (χ3v) is 6.88. The lowest BCUT2D eigenvalue weighted by Crippen LogP contribution is -2.31. The van der Waals surface area contributed by atoms with Crippen LogP contribution < -0.4 is 4.74 Å². The second-order valence-electron chi connectivity index (χ2n) is 8.92. The van der Waals surface area contributed by atoms with Crippen molar-refractivity contribution in [1.82, 2.24) is 4.90 Å². The molecular formula is C28H31NO2. The van der Waals surface area contributed by atoms with Crippen LogP contribution in [-0.2, 0) is 6.42 Å². The molecule has 3 aromatic rings. The van der Waals surface area contributed by atoms with Crippen molar-refractivity contribution in [1.29, 1.82) is 0 Å². The average Bonchev–Trinajstić information content (AvgIpc) is 2.83. The van der Waals surface area contributed by atoms with E-state index in [9.17, 15) is 5.11 Å². The molecule has 2 aliphatic heterocycles. The molecule has 1 fully saturated rings. The molecule has 3 nitrogen and oxygen atoms in total. The number of rotatable bonds is 5. The van der Waals surface area contributed by atoms with Gasteiger partial charge in [0.2, 0.25) is 0 Å². The second kappa shape index (κ2) is 9.15. The van der Waals surface area contributed by atoms with Crippen LogP contribution >= 0.6 is 0 Å². The second-order valence-corrected chi connectivity index (χ2v) is 8.92. The first-order valence-corrected chi connectivity index (χ1v) is 11.6. The van der Waals surface area contributed by atoms with Crippen LogP contribution in [0, 0.1) is 0 Å². The van der Waals surface area contributed by atoms with Crippen LogP contribution in [0.15, 0.2) is 72.8 Å². The highest BCUT2D eigenvalue weighted by Gasteiger charge is 2.33. The predicted molar refractivity (Wildman–Crippen MR) is 125 cm³/mol. The van der Waals surface area contributed by atoms with Crippen molar-refractivity contribution in [2.24, 2.45) is 0 Å². The molecule has 0 saturated carbocycles. The van der Waals surface area contributed by atoms with Gasteiger partial charge in [0.1, 0.15) is 11.5 Å². The molecule has 0 aromatic heterocycles. The monoisotopic (exact) mass is 413 g/mol. The summed E-state index contributed by atoms with van der Waals surface area (Å²) in [4.78, 5) is 2.60. The molecule has 1 N–H and O–H groups in total. The highest BCUT2D eigenvalue weighted by molar-refractivity contribution is 5.50. The number of piperidine rings is 1. The van der Waals surface area contributed by atoms with Crippen molar-refractivity contribution < 1.29 is 9.84 Å². The molecule has 0 unspecified atom stereocenters.